The average Bonchev–Trinajstić information content (AvgIpc) is 2.36. The molecule has 2 rings (SSSR count). The quantitative estimate of drug-likeness (QED) is 0.724. The topological polar surface area (TPSA) is 61.4 Å². The van der Waals surface area contributed by atoms with Crippen LogP contribution in [0.5, 0.6) is 5.75 Å². The smallest absolute Gasteiger partial charge is 0.323 e. The summed E-state index contributed by atoms with van der Waals surface area (Å²) in [5, 5.41) is 14.0. The lowest BCUT2D eigenvalue weighted by Crippen LogP contribution is -2.20. The Morgan fingerprint density at radius 3 is 2.42 bits per heavy atom. The van der Waals surface area contributed by atoms with E-state index in [1.54, 1.807) is 12.1 Å². The Morgan fingerprint density at radius 2 is 1.79 bits per heavy atom. The number of aromatic hydroxyl groups is 1. The van der Waals surface area contributed by atoms with Crippen molar-refractivity contribution in [2.24, 2.45) is 0 Å². The molecular formula is C14H13FN2O2. The fourth-order valence-electron chi connectivity index (χ4n) is 1.53. The number of halogens is 1. The maximum atomic E-state index is 13.4. The van der Waals surface area contributed by atoms with Crippen LogP contribution in [-0.2, 0) is 0 Å². The van der Waals surface area contributed by atoms with Gasteiger partial charge in [0.1, 0.15) is 11.6 Å². The van der Waals surface area contributed by atoms with Gasteiger partial charge in [-0.05, 0) is 31.2 Å². The van der Waals surface area contributed by atoms with Crippen molar-refractivity contribution in [1.82, 2.24) is 0 Å². The molecule has 0 radical (unpaired) electrons. The van der Waals surface area contributed by atoms with Gasteiger partial charge in [-0.2, -0.15) is 0 Å². The molecule has 19 heavy (non-hydrogen) atoms. The summed E-state index contributed by atoms with van der Waals surface area (Å²) in [6.45, 7) is 1.94. The molecule has 98 valence electrons. The van der Waals surface area contributed by atoms with E-state index in [-0.39, 0.29) is 11.4 Å². The minimum absolute atomic E-state index is 0.00223. The zero-order valence-electron chi connectivity index (χ0n) is 10.3. The standard InChI is InChI=1S/C14H13FN2O2/c1-9-2-4-10(5-3-9)16-14(19)17-13-7-6-11(18)8-12(13)15/h2-8,18H,1H3,(H2,16,17,19). The van der Waals surface area contributed by atoms with E-state index >= 15 is 0 Å². The predicted molar refractivity (Wildman–Crippen MR) is 71.9 cm³/mol. The van der Waals surface area contributed by atoms with Crippen LogP contribution in [0.3, 0.4) is 0 Å². The van der Waals surface area contributed by atoms with E-state index in [0.29, 0.717) is 5.69 Å². The monoisotopic (exact) mass is 260 g/mol. The minimum Gasteiger partial charge on any atom is -0.508 e. The molecule has 0 saturated carbocycles. The SMILES string of the molecule is Cc1ccc(NC(=O)Nc2ccc(O)cc2F)cc1. The Balaban J connectivity index is 2.03. The number of aryl methyl sites for hydroxylation is 1. The lowest BCUT2D eigenvalue weighted by Gasteiger charge is -2.08. The van der Waals surface area contributed by atoms with Gasteiger partial charge in [0.2, 0.25) is 0 Å². The molecule has 0 fully saturated rings. The number of amides is 2. The highest BCUT2D eigenvalue weighted by molar-refractivity contribution is 5.99. The van der Waals surface area contributed by atoms with Gasteiger partial charge in [-0.25, -0.2) is 9.18 Å². The fraction of sp³-hybridized carbons (Fsp3) is 0.0714. The third kappa shape index (κ3) is 3.45. The van der Waals surface area contributed by atoms with Crippen LogP contribution in [-0.4, -0.2) is 11.1 Å². The number of nitrogens with one attached hydrogen (secondary N) is 2. The molecule has 0 atom stereocenters. The number of phenols is 1. The van der Waals surface area contributed by atoms with Crippen molar-refractivity contribution in [1.29, 1.82) is 0 Å². The number of hydrogen-bond donors (Lipinski definition) is 3. The molecule has 0 unspecified atom stereocenters. The van der Waals surface area contributed by atoms with Gasteiger partial charge in [0.25, 0.3) is 0 Å². The molecule has 2 amide bonds. The summed E-state index contributed by atoms with van der Waals surface area (Å²) in [4.78, 5) is 11.7. The first-order valence-corrected chi connectivity index (χ1v) is 5.68. The second kappa shape index (κ2) is 5.39. The van der Waals surface area contributed by atoms with E-state index in [2.05, 4.69) is 10.6 Å². The zero-order chi connectivity index (χ0) is 13.8. The predicted octanol–water partition coefficient (Wildman–Crippen LogP) is 3.48. The Bertz CT molecular complexity index is 597. The van der Waals surface area contributed by atoms with Crippen molar-refractivity contribution in [3.63, 3.8) is 0 Å². The molecule has 0 heterocycles. The number of carbonyl (C=O) groups excluding carboxylic acids is 1. The lowest BCUT2D eigenvalue weighted by atomic mass is 10.2. The molecule has 5 heteroatoms. The summed E-state index contributed by atoms with van der Waals surface area (Å²) < 4.78 is 13.4. The number of hydrogen-bond acceptors (Lipinski definition) is 2. The molecule has 0 spiro atoms. The molecular weight excluding hydrogens is 247 g/mol. The molecule has 3 N–H and O–H groups in total. The normalized spacial score (nSPS) is 10.0. The zero-order valence-corrected chi connectivity index (χ0v) is 10.3. The second-order valence-electron chi connectivity index (χ2n) is 4.11. The van der Waals surface area contributed by atoms with Gasteiger partial charge in [-0.3, -0.25) is 0 Å². The molecule has 0 aromatic heterocycles. The van der Waals surface area contributed by atoms with Crippen LogP contribution in [0, 0.1) is 12.7 Å². The molecule has 2 aromatic rings. The summed E-state index contributed by atoms with van der Waals surface area (Å²) in [6.07, 6.45) is 0. The van der Waals surface area contributed by atoms with Crippen LogP contribution < -0.4 is 10.6 Å². The number of rotatable bonds is 2. The molecule has 0 aliphatic carbocycles. The van der Waals surface area contributed by atoms with Crippen LogP contribution in [0.2, 0.25) is 0 Å². The van der Waals surface area contributed by atoms with Gasteiger partial charge in [0, 0.05) is 11.8 Å². The maximum absolute atomic E-state index is 13.4. The maximum Gasteiger partial charge on any atom is 0.323 e. The first kappa shape index (κ1) is 12.9. The number of anilines is 2. The number of phenolic OH excluding ortho intramolecular Hbond substituents is 1. The summed E-state index contributed by atoms with van der Waals surface area (Å²) in [6, 6.07) is 10.2. The number of benzene rings is 2. The highest BCUT2D eigenvalue weighted by atomic mass is 19.1. The molecule has 4 nitrogen and oxygen atoms in total. The van der Waals surface area contributed by atoms with E-state index in [1.165, 1.54) is 12.1 Å². The van der Waals surface area contributed by atoms with Gasteiger partial charge in [-0.1, -0.05) is 17.7 Å². The van der Waals surface area contributed by atoms with Gasteiger partial charge >= 0.3 is 6.03 Å². The Labute approximate surface area is 109 Å². The van der Waals surface area contributed by atoms with E-state index < -0.39 is 11.8 Å². The van der Waals surface area contributed by atoms with Crippen LogP contribution in [0.1, 0.15) is 5.56 Å². The van der Waals surface area contributed by atoms with Crippen LogP contribution in [0.4, 0.5) is 20.6 Å². The molecule has 0 aliphatic heterocycles. The third-order valence-corrected chi connectivity index (χ3v) is 2.51. The van der Waals surface area contributed by atoms with Crippen molar-refractivity contribution in [2.45, 2.75) is 6.92 Å². The minimum atomic E-state index is -0.695. The highest BCUT2D eigenvalue weighted by Gasteiger charge is 2.07. The van der Waals surface area contributed by atoms with Crippen molar-refractivity contribution in [2.75, 3.05) is 10.6 Å². The highest BCUT2D eigenvalue weighted by Crippen LogP contribution is 2.19. The van der Waals surface area contributed by atoms with Crippen LogP contribution in [0.15, 0.2) is 42.5 Å². The van der Waals surface area contributed by atoms with Crippen molar-refractivity contribution >= 4 is 17.4 Å². The van der Waals surface area contributed by atoms with Gasteiger partial charge in [0.05, 0.1) is 5.69 Å². The Kier molecular flexibility index (Phi) is 3.66. The molecule has 0 aliphatic rings. The first-order chi connectivity index (χ1) is 9.04. The average molecular weight is 260 g/mol. The van der Waals surface area contributed by atoms with Crippen LogP contribution >= 0.6 is 0 Å². The summed E-state index contributed by atoms with van der Waals surface area (Å²) in [7, 11) is 0. The van der Waals surface area contributed by atoms with E-state index in [1.807, 2.05) is 19.1 Å². The van der Waals surface area contributed by atoms with E-state index in [0.717, 1.165) is 11.6 Å². The largest absolute Gasteiger partial charge is 0.508 e. The van der Waals surface area contributed by atoms with Crippen molar-refractivity contribution in [3.05, 3.63) is 53.8 Å². The van der Waals surface area contributed by atoms with Crippen molar-refractivity contribution < 1.29 is 14.3 Å². The summed E-state index contributed by atoms with van der Waals surface area (Å²) >= 11 is 0. The van der Waals surface area contributed by atoms with Gasteiger partial charge in [-0.15, -0.1) is 0 Å². The Morgan fingerprint density at radius 1 is 1.11 bits per heavy atom. The summed E-state index contributed by atoms with van der Waals surface area (Å²) in [5.41, 5.74) is 1.69. The Hall–Kier alpha value is -2.56. The third-order valence-electron chi connectivity index (χ3n) is 2.51. The lowest BCUT2D eigenvalue weighted by molar-refractivity contribution is 0.262. The first-order valence-electron chi connectivity index (χ1n) is 5.68. The van der Waals surface area contributed by atoms with Crippen LogP contribution in [0.25, 0.3) is 0 Å². The van der Waals surface area contributed by atoms with Crippen molar-refractivity contribution in [3.8, 4) is 5.75 Å². The molecule has 2 aromatic carbocycles. The van der Waals surface area contributed by atoms with Gasteiger partial charge in [0.15, 0.2) is 0 Å². The van der Waals surface area contributed by atoms with E-state index in [9.17, 15) is 9.18 Å². The second-order valence-corrected chi connectivity index (χ2v) is 4.11. The van der Waals surface area contributed by atoms with E-state index in [4.69, 9.17) is 5.11 Å². The summed E-state index contributed by atoms with van der Waals surface area (Å²) in [5.74, 6) is -0.888. The fourth-order valence-corrected chi connectivity index (χ4v) is 1.53. The van der Waals surface area contributed by atoms with Gasteiger partial charge < -0.3 is 15.7 Å². The number of carbonyl (C=O) groups is 1. The molecule has 0 saturated heterocycles. The number of urea groups is 1. The molecule has 0 bridgehead atoms.